The van der Waals surface area contributed by atoms with Gasteiger partial charge in [0, 0.05) is 24.8 Å². The molecule has 10 nitrogen and oxygen atoms in total. The Hall–Kier alpha value is -3.56. The molecule has 3 aromatic rings. The minimum Gasteiger partial charge on any atom is -0.361 e. The second kappa shape index (κ2) is 7.46. The lowest BCUT2D eigenvalue weighted by molar-refractivity contribution is -0.384. The zero-order valence-electron chi connectivity index (χ0n) is 16.4. The number of anilines is 1. The van der Waals surface area contributed by atoms with Crippen LogP contribution in [-0.4, -0.2) is 38.3 Å². The number of rotatable bonds is 4. The van der Waals surface area contributed by atoms with Crippen LogP contribution in [0.4, 0.5) is 11.5 Å². The first-order valence-corrected chi connectivity index (χ1v) is 9.25. The molecule has 29 heavy (non-hydrogen) atoms. The highest BCUT2D eigenvalue weighted by Crippen LogP contribution is 2.30. The maximum absolute atomic E-state index is 11.3. The summed E-state index contributed by atoms with van der Waals surface area (Å²) < 4.78 is 10.5. The predicted molar refractivity (Wildman–Crippen MR) is 104 cm³/mol. The van der Waals surface area contributed by atoms with Crippen molar-refractivity contribution in [1.29, 1.82) is 0 Å². The SMILES string of the molecule is Cc1ccc([N+](=O)[O-])c(N2CCC(=Cc3noc(-c4c(C)noc4C)n3)CC2)n1. The average Bonchev–Trinajstić information content (AvgIpc) is 3.27. The van der Waals surface area contributed by atoms with Crippen LogP contribution >= 0.6 is 0 Å². The van der Waals surface area contributed by atoms with Crippen molar-refractivity contribution in [2.75, 3.05) is 18.0 Å². The molecular formula is C19H20N6O4. The lowest BCUT2D eigenvalue weighted by Gasteiger charge is -2.29. The summed E-state index contributed by atoms with van der Waals surface area (Å²) in [6.07, 6.45) is 3.38. The van der Waals surface area contributed by atoms with Gasteiger partial charge in [-0.1, -0.05) is 15.9 Å². The molecule has 150 valence electrons. The molecule has 1 aliphatic rings. The van der Waals surface area contributed by atoms with E-state index in [2.05, 4.69) is 20.3 Å². The first kappa shape index (κ1) is 18.8. The molecule has 0 radical (unpaired) electrons. The van der Waals surface area contributed by atoms with Crippen LogP contribution in [0.3, 0.4) is 0 Å². The summed E-state index contributed by atoms with van der Waals surface area (Å²) >= 11 is 0. The second-order valence-corrected chi connectivity index (χ2v) is 7.00. The van der Waals surface area contributed by atoms with Crippen LogP contribution in [0.15, 0.2) is 26.8 Å². The third kappa shape index (κ3) is 3.73. The summed E-state index contributed by atoms with van der Waals surface area (Å²) in [7, 11) is 0. The van der Waals surface area contributed by atoms with E-state index in [1.165, 1.54) is 6.07 Å². The first-order valence-electron chi connectivity index (χ1n) is 9.25. The maximum Gasteiger partial charge on any atom is 0.311 e. The highest BCUT2D eigenvalue weighted by molar-refractivity contribution is 5.61. The zero-order valence-corrected chi connectivity index (χ0v) is 16.4. The molecule has 0 amide bonds. The Morgan fingerprint density at radius 1 is 1.10 bits per heavy atom. The van der Waals surface area contributed by atoms with E-state index in [0.717, 1.165) is 29.7 Å². The molecule has 4 heterocycles. The molecule has 0 saturated carbocycles. The van der Waals surface area contributed by atoms with E-state index in [-0.39, 0.29) is 10.6 Å². The van der Waals surface area contributed by atoms with Crippen molar-refractivity contribution in [2.45, 2.75) is 33.6 Å². The van der Waals surface area contributed by atoms with Crippen LogP contribution in [0, 0.1) is 30.9 Å². The summed E-state index contributed by atoms with van der Waals surface area (Å²) in [5.41, 5.74) is 3.36. The van der Waals surface area contributed by atoms with Crippen molar-refractivity contribution >= 4 is 17.6 Å². The highest BCUT2D eigenvalue weighted by atomic mass is 16.6. The van der Waals surface area contributed by atoms with Gasteiger partial charge in [0.25, 0.3) is 5.89 Å². The molecule has 0 spiro atoms. The number of aromatic nitrogens is 4. The van der Waals surface area contributed by atoms with Crippen molar-refractivity contribution < 1.29 is 14.0 Å². The van der Waals surface area contributed by atoms with Crippen molar-refractivity contribution in [3.8, 4) is 11.5 Å². The van der Waals surface area contributed by atoms with Crippen molar-refractivity contribution in [1.82, 2.24) is 20.3 Å². The summed E-state index contributed by atoms with van der Waals surface area (Å²) in [5.74, 6) is 1.92. The van der Waals surface area contributed by atoms with Gasteiger partial charge in [0.05, 0.1) is 10.6 Å². The van der Waals surface area contributed by atoms with E-state index in [0.29, 0.717) is 42.1 Å². The Morgan fingerprint density at radius 2 is 1.86 bits per heavy atom. The van der Waals surface area contributed by atoms with Gasteiger partial charge < -0.3 is 13.9 Å². The lowest BCUT2D eigenvalue weighted by atomic mass is 10.0. The Bertz CT molecular complexity index is 1070. The summed E-state index contributed by atoms with van der Waals surface area (Å²) in [5, 5.41) is 19.2. The third-order valence-corrected chi connectivity index (χ3v) is 4.92. The molecule has 0 bridgehead atoms. The van der Waals surface area contributed by atoms with Crippen LogP contribution in [0.1, 0.15) is 35.8 Å². The van der Waals surface area contributed by atoms with Gasteiger partial charge in [0.2, 0.25) is 5.82 Å². The molecular weight excluding hydrogens is 376 g/mol. The first-order chi connectivity index (χ1) is 13.9. The fourth-order valence-corrected chi connectivity index (χ4v) is 3.43. The van der Waals surface area contributed by atoms with E-state index >= 15 is 0 Å². The normalized spacial score (nSPS) is 14.3. The van der Waals surface area contributed by atoms with Crippen molar-refractivity contribution in [3.05, 3.63) is 50.8 Å². The van der Waals surface area contributed by atoms with Gasteiger partial charge >= 0.3 is 5.69 Å². The van der Waals surface area contributed by atoms with Crippen LogP contribution in [-0.2, 0) is 0 Å². The van der Waals surface area contributed by atoms with Crippen molar-refractivity contribution in [3.63, 3.8) is 0 Å². The van der Waals surface area contributed by atoms with Gasteiger partial charge in [-0.3, -0.25) is 10.1 Å². The van der Waals surface area contributed by atoms with Crippen LogP contribution < -0.4 is 4.90 Å². The van der Waals surface area contributed by atoms with Gasteiger partial charge in [-0.25, -0.2) is 4.98 Å². The van der Waals surface area contributed by atoms with E-state index in [1.54, 1.807) is 13.0 Å². The fourth-order valence-electron chi connectivity index (χ4n) is 3.43. The number of nitro groups is 1. The topological polar surface area (TPSA) is 124 Å². The molecule has 0 N–H and O–H groups in total. The maximum atomic E-state index is 11.3. The van der Waals surface area contributed by atoms with Gasteiger partial charge in [-0.05, 0) is 45.8 Å². The Labute approximate surface area is 166 Å². The summed E-state index contributed by atoms with van der Waals surface area (Å²) in [4.78, 5) is 21.7. The number of aryl methyl sites for hydroxylation is 3. The molecule has 0 unspecified atom stereocenters. The van der Waals surface area contributed by atoms with Crippen LogP contribution in [0.5, 0.6) is 0 Å². The molecule has 0 atom stereocenters. The van der Waals surface area contributed by atoms with E-state index in [4.69, 9.17) is 9.05 Å². The molecule has 3 aromatic heterocycles. The summed E-state index contributed by atoms with van der Waals surface area (Å²) in [6, 6.07) is 3.17. The largest absolute Gasteiger partial charge is 0.361 e. The third-order valence-electron chi connectivity index (χ3n) is 4.92. The van der Waals surface area contributed by atoms with Crippen molar-refractivity contribution in [2.24, 2.45) is 0 Å². The minimum atomic E-state index is -0.386. The van der Waals surface area contributed by atoms with Crippen LogP contribution in [0.2, 0.25) is 0 Å². The number of hydrogen-bond acceptors (Lipinski definition) is 9. The molecule has 0 aliphatic carbocycles. The predicted octanol–water partition coefficient (Wildman–Crippen LogP) is 3.64. The zero-order chi connectivity index (χ0) is 20.5. The molecule has 10 heteroatoms. The van der Waals surface area contributed by atoms with Gasteiger partial charge in [0.15, 0.2) is 5.82 Å². The van der Waals surface area contributed by atoms with Gasteiger partial charge in [-0.15, -0.1) is 0 Å². The number of hydrogen-bond donors (Lipinski definition) is 0. The minimum absolute atomic E-state index is 0.0327. The number of pyridine rings is 1. The monoisotopic (exact) mass is 396 g/mol. The average molecular weight is 396 g/mol. The Kier molecular flexibility index (Phi) is 4.83. The number of piperidine rings is 1. The fraction of sp³-hybridized carbons (Fsp3) is 0.368. The standard InChI is InChI=1S/C19H20N6O4/c1-11-4-5-15(25(26)27)18(20-11)24-8-6-14(7-9-24)10-16-21-19(29-23-16)17-12(2)22-28-13(17)3/h4-5,10H,6-9H2,1-3H3. The quantitative estimate of drug-likeness (QED) is 0.480. The molecule has 4 rings (SSSR count). The Morgan fingerprint density at radius 3 is 2.52 bits per heavy atom. The molecule has 1 aliphatic heterocycles. The van der Waals surface area contributed by atoms with E-state index in [9.17, 15) is 10.1 Å². The molecule has 0 aromatic carbocycles. The summed E-state index contributed by atoms with van der Waals surface area (Å²) in [6.45, 7) is 6.72. The van der Waals surface area contributed by atoms with Crippen LogP contribution in [0.25, 0.3) is 17.5 Å². The van der Waals surface area contributed by atoms with E-state index in [1.807, 2.05) is 24.8 Å². The second-order valence-electron chi connectivity index (χ2n) is 7.00. The van der Waals surface area contributed by atoms with E-state index < -0.39 is 0 Å². The smallest absolute Gasteiger partial charge is 0.311 e. The lowest BCUT2D eigenvalue weighted by Crippen LogP contribution is -2.32. The Balaban J connectivity index is 1.49. The number of nitrogens with zero attached hydrogens (tertiary/aromatic N) is 6. The van der Waals surface area contributed by atoms with Gasteiger partial charge in [0.1, 0.15) is 11.3 Å². The highest BCUT2D eigenvalue weighted by Gasteiger charge is 2.24. The molecule has 1 fully saturated rings. The molecule has 1 saturated heterocycles. The van der Waals surface area contributed by atoms with Gasteiger partial charge in [-0.2, -0.15) is 4.98 Å².